The molecule has 1 aliphatic rings. The fourth-order valence-electron chi connectivity index (χ4n) is 4.11. The van der Waals surface area contributed by atoms with E-state index >= 15 is 0 Å². The van der Waals surface area contributed by atoms with Crippen molar-refractivity contribution in [3.8, 4) is 17.2 Å². The first-order valence-corrected chi connectivity index (χ1v) is 10.0. The van der Waals surface area contributed by atoms with Crippen LogP contribution in [0.25, 0.3) is 6.08 Å². The van der Waals surface area contributed by atoms with E-state index < -0.39 is 17.3 Å². The summed E-state index contributed by atoms with van der Waals surface area (Å²) in [5.41, 5.74) is 1.61. The lowest BCUT2D eigenvalue weighted by Gasteiger charge is -2.44. The van der Waals surface area contributed by atoms with Gasteiger partial charge in [-0.05, 0) is 66.5 Å². The van der Waals surface area contributed by atoms with Crippen LogP contribution in [0.1, 0.15) is 48.2 Å². The quantitative estimate of drug-likeness (QED) is 0.329. The lowest BCUT2D eigenvalue weighted by Crippen LogP contribution is -2.42. The molecule has 2 aromatic rings. The molecule has 2 atom stereocenters. The number of phenolic OH excluding ortho intramolecular Hbond substituents is 3. The molecule has 5 nitrogen and oxygen atoms in total. The van der Waals surface area contributed by atoms with Crippen molar-refractivity contribution in [3.63, 3.8) is 0 Å². The Kier molecular flexibility index (Phi) is 6.04. The topological polar surface area (TPSA) is 98.0 Å². The van der Waals surface area contributed by atoms with Gasteiger partial charge in [0.1, 0.15) is 17.2 Å². The fourth-order valence-corrected chi connectivity index (χ4v) is 4.11. The Balaban J connectivity index is 1.89. The summed E-state index contributed by atoms with van der Waals surface area (Å²) in [6.45, 7) is 8.05. The molecule has 2 aromatic carbocycles. The highest BCUT2D eigenvalue weighted by Gasteiger charge is 2.42. The summed E-state index contributed by atoms with van der Waals surface area (Å²) in [6, 6.07) is 9.19. The van der Waals surface area contributed by atoms with Crippen molar-refractivity contribution in [1.29, 1.82) is 0 Å². The first-order chi connectivity index (χ1) is 14.1. The molecule has 2 unspecified atom stereocenters. The van der Waals surface area contributed by atoms with Crippen molar-refractivity contribution in [2.24, 2.45) is 11.3 Å². The molecular weight excluding hydrogens is 380 g/mol. The summed E-state index contributed by atoms with van der Waals surface area (Å²) >= 11 is 0. The number of hydrogen-bond donors (Lipinski definition) is 4. The van der Waals surface area contributed by atoms with E-state index in [0.29, 0.717) is 12.8 Å². The average Bonchev–Trinajstić information content (AvgIpc) is 2.70. The fraction of sp³-hybridized carbons (Fsp3) is 0.320. The van der Waals surface area contributed by atoms with E-state index in [1.54, 1.807) is 18.2 Å². The molecule has 5 heteroatoms. The minimum atomic E-state index is -0.504. The minimum Gasteiger partial charge on any atom is -0.508 e. The third kappa shape index (κ3) is 4.26. The first-order valence-electron chi connectivity index (χ1n) is 10.0. The zero-order valence-corrected chi connectivity index (χ0v) is 17.3. The molecule has 1 aliphatic carbocycles. The van der Waals surface area contributed by atoms with Crippen molar-refractivity contribution in [2.45, 2.75) is 39.2 Å². The first kappa shape index (κ1) is 21.7. The largest absolute Gasteiger partial charge is 0.508 e. The number of phenols is 3. The van der Waals surface area contributed by atoms with Gasteiger partial charge in [0.2, 0.25) is 0 Å². The highest BCUT2D eigenvalue weighted by molar-refractivity contribution is 6.09. The Morgan fingerprint density at radius 3 is 2.47 bits per heavy atom. The van der Waals surface area contributed by atoms with Crippen molar-refractivity contribution < 1.29 is 25.2 Å². The molecule has 0 bridgehead atoms. The lowest BCUT2D eigenvalue weighted by atomic mass is 9.63. The van der Waals surface area contributed by atoms with Gasteiger partial charge in [-0.3, -0.25) is 4.79 Å². The number of aromatic hydroxyl groups is 3. The lowest BCUT2D eigenvalue weighted by molar-refractivity contribution is -0.00659. The zero-order valence-electron chi connectivity index (χ0n) is 17.3. The second-order valence-corrected chi connectivity index (χ2v) is 8.54. The Morgan fingerprint density at radius 1 is 1.13 bits per heavy atom. The Morgan fingerprint density at radius 2 is 1.80 bits per heavy atom. The van der Waals surface area contributed by atoms with E-state index in [2.05, 4.69) is 6.58 Å². The molecule has 158 valence electrons. The van der Waals surface area contributed by atoms with E-state index in [1.165, 1.54) is 30.3 Å². The van der Waals surface area contributed by atoms with Crippen LogP contribution < -0.4 is 0 Å². The molecule has 4 N–H and O–H groups in total. The Bertz CT molecular complexity index is 985. The predicted molar refractivity (Wildman–Crippen MR) is 117 cm³/mol. The van der Waals surface area contributed by atoms with Gasteiger partial charge in [0.15, 0.2) is 5.78 Å². The minimum absolute atomic E-state index is 0.0878. The zero-order chi connectivity index (χ0) is 22.1. The molecule has 30 heavy (non-hydrogen) atoms. The smallest absolute Gasteiger partial charge is 0.189 e. The van der Waals surface area contributed by atoms with Gasteiger partial charge in [-0.2, -0.15) is 0 Å². The summed E-state index contributed by atoms with van der Waals surface area (Å²) in [4.78, 5) is 12.7. The number of hydrogen-bond acceptors (Lipinski definition) is 5. The van der Waals surface area contributed by atoms with Gasteiger partial charge >= 0.3 is 0 Å². The average molecular weight is 408 g/mol. The van der Waals surface area contributed by atoms with Gasteiger partial charge in [-0.15, -0.1) is 0 Å². The number of ketones is 1. The van der Waals surface area contributed by atoms with Crippen molar-refractivity contribution >= 4 is 11.9 Å². The molecule has 0 heterocycles. The maximum atomic E-state index is 12.7. The van der Waals surface area contributed by atoms with Crippen LogP contribution in [0.15, 0.2) is 54.6 Å². The number of aliphatic hydroxyl groups is 1. The summed E-state index contributed by atoms with van der Waals surface area (Å²) in [7, 11) is 0. The van der Waals surface area contributed by atoms with E-state index in [9.17, 15) is 25.2 Å². The van der Waals surface area contributed by atoms with Gasteiger partial charge in [-0.25, -0.2) is 0 Å². The van der Waals surface area contributed by atoms with Crippen molar-refractivity contribution in [2.75, 3.05) is 0 Å². The second-order valence-electron chi connectivity index (χ2n) is 8.54. The molecule has 0 saturated heterocycles. The number of carbonyl (C=O) groups is 1. The Hall–Kier alpha value is -3.05. The highest BCUT2D eigenvalue weighted by Crippen LogP contribution is 2.47. The predicted octanol–water partition coefficient (Wildman–Crippen LogP) is 4.60. The van der Waals surface area contributed by atoms with Gasteiger partial charge in [0, 0.05) is 5.56 Å². The second kappa shape index (κ2) is 8.36. The number of rotatable bonds is 5. The third-order valence-electron chi connectivity index (χ3n) is 6.24. The van der Waals surface area contributed by atoms with E-state index in [-0.39, 0.29) is 40.7 Å². The number of benzene rings is 2. The molecule has 3 rings (SSSR count). The molecule has 0 spiro atoms. The van der Waals surface area contributed by atoms with Gasteiger partial charge < -0.3 is 20.4 Å². The standard InChI is InChI=1S/C25H28O5/c1-15-4-13-23(29)25(2,3)20(15)14-19-22(28)12-10-18(24(19)30)21(27)11-7-16-5-8-17(26)9-6-16/h5-12,20,23,26,28-30H,1,4,13-14H2,2-3H3. The normalized spacial score (nSPS) is 21.1. The van der Waals surface area contributed by atoms with Crippen LogP contribution in [-0.2, 0) is 6.42 Å². The molecule has 1 saturated carbocycles. The van der Waals surface area contributed by atoms with Crippen LogP contribution >= 0.6 is 0 Å². The van der Waals surface area contributed by atoms with Gasteiger partial charge in [0.05, 0.1) is 11.7 Å². The van der Waals surface area contributed by atoms with Crippen LogP contribution in [0.5, 0.6) is 17.2 Å². The molecule has 0 aromatic heterocycles. The van der Waals surface area contributed by atoms with Crippen LogP contribution in [-0.4, -0.2) is 32.3 Å². The van der Waals surface area contributed by atoms with E-state index in [0.717, 1.165) is 11.1 Å². The maximum Gasteiger partial charge on any atom is 0.189 e. The van der Waals surface area contributed by atoms with Gasteiger partial charge in [0.25, 0.3) is 0 Å². The van der Waals surface area contributed by atoms with Crippen molar-refractivity contribution in [1.82, 2.24) is 0 Å². The van der Waals surface area contributed by atoms with Crippen molar-refractivity contribution in [3.05, 3.63) is 71.3 Å². The van der Waals surface area contributed by atoms with E-state index in [4.69, 9.17) is 0 Å². The molecule has 0 amide bonds. The highest BCUT2D eigenvalue weighted by atomic mass is 16.3. The van der Waals surface area contributed by atoms with Crippen LogP contribution in [0.2, 0.25) is 0 Å². The molecule has 0 radical (unpaired) electrons. The summed E-state index contributed by atoms with van der Waals surface area (Å²) < 4.78 is 0. The summed E-state index contributed by atoms with van der Waals surface area (Å²) in [6.07, 6.45) is 4.04. The number of aliphatic hydroxyl groups excluding tert-OH is 1. The van der Waals surface area contributed by atoms with Crippen LogP contribution in [0.4, 0.5) is 0 Å². The number of allylic oxidation sites excluding steroid dienone is 2. The molecule has 1 fully saturated rings. The maximum absolute atomic E-state index is 12.7. The summed E-state index contributed by atoms with van der Waals surface area (Å²) in [5, 5.41) is 40.9. The number of carbonyl (C=O) groups excluding carboxylic acids is 1. The summed E-state index contributed by atoms with van der Waals surface area (Å²) in [5.74, 6) is -0.745. The molecular formula is C25H28O5. The van der Waals surface area contributed by atoms with E-state index in [1.807, 2.05) is 13.8 Å². The van der Waals surface area contributed by atoms with Crippen LogP contribution in [0, 0.1) is 11.3 Å². The van der Waals surface area contributed by atoms with Crippen LogP contribution in [0.3, 0.4) is 0 Å². The monoisotopic (exact) mass is 408 g/mol. The SMILES string of the molecule is C=C1CCC(O)C(C)(C)C1Cc1c(O)ccc(C(=O)C=Cc2ccc(O)cc2)c1O. The third-order valence-corrected chi connectivity index (χ3v) is 6.24. The Labute approximate surface area is 176 Å². The van der Waals surface area contributed by atoms with Gasteiger partial charge in [-0.1, -0.05) is 44.2 Å². The molecule has 0 aliphatic heterocycles.